The average molecular weight is 271 g/mol. The zero-order valence-electron chi connectivity index (χ0n) is 11.8. The SMILES string of the molecule is CC(C)(C)Cc1cc(N)n(-c2ncnc3nc[nH]c23)n1. The maximum atomic E-state index is 6.06. The lowest BCUT2D eigenvalue weighted by Gasteiger charge is -2.15. The lowest BCUT2D eigenvalue weighted by molar-refractivity contribution is 0.405. The Balaban J connectivity index is 2.08. The van der Waals surface area contributed by atoms with Crippen molar-refractivity contribution in [1.29, 1.82) is 0 Å². The molecule has 0 unspecified atom stereocenters. The summed E-state index contributed by atoms with van der Waals surface area (Å²) in [5.74, 6) is 1.17. The lowest BCUT2D eigenvalue weighted by atomic mass is 9.91. The number of H-pyrrole nitrogens is 1. The number of nitrogens with two attached hydrogens (primary N) is 1. The highest BCUT2D eigenvalue weighted by atomic mass is 15.3. The normalized spacial score (nSPS) is 12.2. The second-order valence-corrected chi connectivity index (χ2v) is 6.01. The van der Waals surface area contributed by atoms with Gasteiger partial charge in [-0.25, -0.2) is 15.0 Å². The number of aromatic nitrogens is 6. The largest absolute Gasteiger partial charge is 0.384 e. The molecule has 0 spiro atoms. The van der Waals surface area contributed by atoms with Crippen LogP contribution in [-0.2, 0) is 6.42 Å². The molecule has 0 bridgehead atoms. The van der Waals surface area contributed by atoms with Crippen molar-refractivity contribution in [3.05, 3.63) is 24.4 Å². The van der Waals surface area contributed by atoms with Crippen molar-refractivity contribution in [3.8, 4) is 5.82 Å². The molecule has 3 rings (SSSR count). The van der Waals surface area contributed by atoms with Crippen molar-refractivity contribution >= 4 is 17.0 Å². The summed E-state index contributed by atoms with van der Waals surface area (Å²) in [5.41, 5.74) is 8.48. The van der Waals surface area contributed by atoms with E-state index < -0.39 is 0 Å². The van der Waals surface area contributed by atoms with Gasteiger partial charge in [0.1, 0.15) is 17.7 Å². The maximum absolute atomic E-state index is 6.06. The highest BCUT2D eigenvalue weighted by Crippen LogP contribution is 2.23. The van der Waals surface area contributed by atoms with Crippen LogP contribution in [0.1, 0.15) is 26.5 Å². The van der Waals surface area contributed by atoms with Gasteiger partial charge in [0.25, 0.3) is 0 Å². The summed E-state index contributed by atoms with van der Waals surface area (Å²) in [4.78, 5) is 15.5. The fourth-order valence-electron chi connectivity index (χ4n) is 2.16. The van der Waals surface area contributed by atoms with Crippen molar-refractivity contribution in [3.63, 3.8) is 0 Å². The van der Waals surface area contributed by atoms with Crippen LogP contribution in [0.15, 0.2) is 18.7 Å². The smallest absolute Gasteiger partial charge is 0.184 e. The molecular weight excluding hydrogens is 254 g/mol. The van der Waals surface area contributed by atoms with Crippen LogP contribution >= 0.6 is 0 Å². The first kappa shape index (κ1) is 12.6. The second-order valence-electron chi connectivity index (χ2n) is 6.01. The van der Waals surface area contributed by atoms with E-state index in [1.54, 1.807) is 11.0 Å². The van der Waals surface area contributed by atoms with Gasteiger partial charge in [-0.2, -0.15) is 9.78 Å². The number of anilines is 1. The molecule has 0 saturated carbocycles. The number of aromatic amines is 1. The van der Waals surface area contributed by atoms with Gasteiger partial charge >= 0.3 is 0 Å². The Morgan fingerprint density at radius 3 is 2.80 bits per heavy atom. The third-order valence-electron chi connectivity index (χ3n) is 2.90. The quantitative estimate of drug-likeness (QED) is 0.739. The van der Waals surface area contributed by atoms with Gasteiger partial charge < -0.3 is 10.7 Å². The molecule has 104 valence electrons. The fourth-order valence-corrected chi connectivity index (χ4v) is 2.16. The van der Waals surface area contributed by atoms with Crippen molar-refractivity contribution in [2.24, 2.45) is 5.41 Å². The van der Waals surface area contributed by atoms with Crippen molar-refractivity contribution in [2.45, 2.75) is 27.2 Å². The van der Waals surface area contributed by atoms with Gasteiger partial charge in [-0.1, -0.05) is 20.8 Å². The van der Waals surface area contributed by atoms with Crippen LogP contribution < -0.4 is 5.73 Å². The Hall–Kier alpha value is -2.44. The predicted octanol–water partition coefficient (Wildman–Crippen LogP) is 1.71. The van der Waals surface area contributed by atoms with E-state index in [0.717, 1.165) is 17.6 Å². The third-order valence-corrected chi connectivity index (χ3v) is 2.90. The lowest BCUT2D eigenvalue weighted by Crippen LogP contribution is -2.10. The standard InChI is InChI=1S/C13H17N7/c1-13(2,3)5-8-4-9(14)20(19-8)12-10-11(16-6-15-10)17-7-18-12/h4,6-7H,5,14H2,1-3H3,(H,15,16,17,18). The van der Waals surface area contributed by atoms with Crippen LogP contribution in [0, 0.1) is 5.41 Å². The van der Waals surface area contributed by atoms with E-state index in [9.17, 15) is 0 Å². The minimum Gasteiger partial charge on any atom is -0.384 e. The first-order chi connectivity index (χ1) is 9.44. The molecule has 0 amide bonds. The van der Waals surface area contributed by atoms with Gasteiger partial charge in [0.15, 0.2) is 11.5 Å². The van der Waals surface area contributed by atoms with Crippen molar-refractivity contribution < 1.29 is 0 Å². The Morgan fingerprint density at radius 2 is 2.05 bits per heavy atom. The molecule has 0 aromatic carbocycles. The van der Waals surface area contributed by atoms with Crippen LogP contribution in [0.25, 0.3) is 17.0 Å². The van der Waals surface area contributed by atoms with E-state index in [1.807, 2.05) is 6.07 Å². The van der Waals surface area contributed by atoms with E-state index in [4.69, 9.17) is 5.73 Å². The minimum absolute atomic E-state index is 0.153. The number of nitrogens with one attached hydrogen (secondary N) is 1. The number of hydrogen-bond acceptors (Lipinski definition) is 5. The van der Waals surface area contributed by atoms with E-state index >= 15 is 0 Å². The molecule has 0 radical (unpaired) electrons. The Bertz CT molecular complexity index is 748. The number of fused-ring (bicyclic) bond motifs is 1. The molecule has 0 aliphatic heterocycles. The van der Waals surface area contributed by atoms with Gasteiger partial charge in [-0.3, -0.25) is 0 Å². The summed E-state index contributed by atoms with van der Waals surface area (Å²) in [6, 6.07) is 1.88. The number of nitrogens with zero attached hydrogens (tertiary/aromatic N) is 5. The Morgan fingerprint density at radius 1 is 1.25 bits per heavy atom. The number of hydrogen-bond donors (Lipinski definition) is 2. The Labute approximate surface area is 116 Å². The molecule has 3 N–H and O–H groups in total. The molecule has 20 heavy (non-hydrogen) atoms. The molecule has 3 aromatic rings. The highest BCUT2D eigenvalue weighted by molar-refractivity contribution is 5.78. The van der Waals surface area contributed by atoms with E-state index in [0.29, 0.717) is 17.3 Å². The molecule has 3 heterocycles. The van der Waals surface area contributed by atoms with Gasteiger partial charge in [-0.05, 0) is 11.8 Å². The minimum atomic E-state index is 0.153. The molecule has 0 fully saturated rings. The second kappa shape index (κ2) is 4.29. The molecule has 0 aliphatic carbocycles. The topological polar surface area (TPSA) is 98.3 Å². The van der Waals surface area contributed by atoms with Crippen LogP contribution in [0.2, 0.25) is 0 Å². The average Bonchev–Trinajstić information content (AvgIpc) is 2.93. The molecule has 7 heteroatoms. The highest BCUT2D eigenvalue weighted by Gasteiger charge is 2.17. The summed E-state index contributed by atoms with van der Waals surface area (Å²) < 4.78 is 1.63. The van der Waals surface area contributed by atoms with Gasteiger partial charge in [0.05, 0.1) is 12.0 Å². The molecule has 7 nitrogen and oxygen atoms in total. The molecule has 0 aliphatic rings. The molecular formula is C13H17N7. The third kappa shape index (κ3) is 2.22. The molecule has 0 atom stereocenters. The monoisotopic (exact) mass is 271 g/mol. The van der Waals surface area contributed by atoms with Gasteiger partial charge in [-0.15, -0.1) is 0 Å². The molecule has 0 saturated heterocycles. The summed E-state index contributed by atoms with van der Waals surface area (Å²) in [6.07, 6.45) is 3.89. The van der Waals surface area contributed by atoms with E-state index in [-0.39, 0.29) is 5.41 Å². The number of rotatable bonds is 2. The predicted molar refractivity (Wildman–Crippen MR) is 76.4 cm³/mol. The number of imidazole rings is 1. The van der Waals surface area contributed by atoms with Crippen LogP contribution in [0.4, 0.5) is 5.82 Å². The van der Waals surface area contributed by atoms with E-state index in [1.165, 1.54) is 6.33 Å². The summed E-state index contributed by atoms with van der Waals surface area (Å²) in [6.45, 7) is 6.50. The maximum Gasteiger partial charge on any atom is 0.184 e. The first-order valence-electron chi connectivity index (χ1n) is 6.43. The zero-order chi connectivity index (χ0) is 14.3. The Kier molecular flexibility index (Phi) is 2.70. The molecule has 3 aromatic heterocycles. The van der Waals surface area contributed by atoms with E-state index in [2.05, 4.69) is 45.8 Å². The van der Waals surface area contributed by atoms with Gasteiger partial charge in [0.2, 0.25) is 0 Å². The zero-order valence-corrected chi connectivity index (χ0v) is 11.8. The van der Waals surface area contributed by atoms with Crippen LogP contribution in [0.5, 0.6) is 0 Å². The van der Waals surface area contributed by atoms with Crippen molar-refractivity contribution in [2.75, 3.05) is 5.73 Å². The summed E-state index contributed by atoms with van der Waals surface area (Å²) in [5, 5.41) is 4.55. The van der Waals surface area contributed by atoms with Crippen LogP contribution in [-0.4, -0.2) is 29.7 Å². The first-order valence-corrected chi connectivity index (χ1v) is 6.43. The number of nitrogen functional groups attached to an aromatic ring is 1. The summed E-state index contributed by atoms with van der Waals surface area (Å²) in [7, 11) is 0. The van der Waals surface area contributed by atoms with Crippen molar-refractivity contribution in [1.82, 2.24) is 29.7 Å². The van der Waals surface area contributed by atoms with Crippen LogP contribution in [0.3, 0.4) is 0 Å². The fraction of sp³-hybridized carbons (Fsp3) is 0.385. The van der Waals surface area contributed by atoms with Gasteiger partial charge in [0, 0.05) is 6.07 Å². The summed E-state index contributed by atoms with van der Waals surface area (Å²) >= 11 is 0.